The smallest absolute Gasteiger partial charge is 0.309 e. The molecule has 2 heterocycles. The molecule has 0 saturated carbocycles. The molecule has 0 N–H and O–H groups in total. The Labute approximate surface area is 126 Å². The number of nitrogens with zero attached hydrogens (tertiary/aromatic N) is 2. The zero-order chi connectivity index (χ0) is 15.4. The summed E-state index contributed by atoms with van der Waals surface area (Å²) in [4.78, 5) is 18.6. The molecule has 0 spiro atoms. The zero-order valence-corrected chi connectivity index (χ0v) is 13.2. The molecule has 0 atom stereocenters. The van der Waals surface area contributed by atoms with Crippen LogP contribution in [0.2, 0.25) is 0 Å². The first-order valence-electron chi connectivity index (χ1n) is 7.57. The predicted octanol–water partition coefficient (Wildman–Crippen LogP) is 3.20. The summed E-state index contributed by atoms with van der Waals surface area (Å²) in [5, 5.41) is 0. The maximum Gasteiger partial charge on any atom is 0.309 e. The highest BCUT2D eigenvalue weighted by Gasteiger charge is 2.27. The van der Waals surface area contributed by atoms with E-state index in [0.717, 1.165) is 48.4 Å². The molecular weight excluding hydrogens is 264 g/mol. The van der Waals surface area contributed by atoms with Crippen molar-refractivity contribution in [2.75, 3.05) is 24.6 Å². The first kappa shape index (κ1) is 15.5. The second-order valence-electron chi connectivity index (χ2n) is 5.66. The minimum Gasteiger partial charge on any atom is -0.466 e. The Balaban J connectivity index is 2.02. The lowest BCUT2D eigenvalue weighted by molar-refractivity contribution is -0.148. The minimum atomic E-state index is -0.0561. The van der Waals surface area contributed by atoms with E-state index in [1.165, 1.54) is 0 Å². The first-order chi connectivity index (χ1) is 10.0. The molecule has 1 saturated heterocycles. The van der Waals surface area contributed by atoms with Gasteiger partial charge in [-0.2, -0.15) is 0 Å². The van der Waals surface area contributed by atoms with E-state index in [-0.39, 0.29) is 11.9 Å². The second-order valence-corrected chi connectivity index (χ2v) is 5.66. The summed E-state index contributed by atoms with van der Waals surface area (Å²) in [6.07, 6.45) is 3.55. The van der Waals surface area contributed by atoms with Gasteiger partial charge < -0.3 is 9.64 Å². The van der Waals surface area contributed by atoms with Gasteiger partial charge in [0.25, 0.3) is 0 Å². The number of allylic oxidation sites excluding steroid dienone is 1. The van der Waals surface area contributed by atoms with Crippen molar-refractivity contribution in [3.05, 3.63) is 30.0 Å². The lowest BCUT2D eigenvalue weighted by Gasteiger charge is -2.32. The molecule has 1 aromatic rings. The summed E-state index contributed by atoms with van der Waals surface area (Å²) in [6.45, 7) is 12.0. The number of ether oxygens (including phenoxy) is 1. The van der Waals surface area contributed by atoms with Gasteiger partial charge in [-0.25, -0.2) is 4.98 Å². The molecule has 1 aliphatic heterocycles. The standard InChI is InChI=1S/C17H24N2O2/c1-5-21-17(20)14-6-8-19(9-7-14)16-13(4)10-15(11-18-16)12(2)3/h10-11,14H,2,5-9H2,1,3-4H3. The fraction of sp³-hybridized carbons (Fsp3) is 0.529. The molecule has 0 aliphatic carbocycles. The molecule has 4 heteroatoms. The van der Waals surface area contributed by atoms with E-state index >= 15 is 0 Å². The largest absolute Gasteiger partial charge is 0.466 e. The van der Waals surface area contributed by atoms with Gasteiger partial charge in [-0.3, -0.25) is 4.79 Å². The highest BCUT2D eigenvalue weighted by molar-refractivity contribution is 5.73. The predicted molar refractivity (Wildman–Crippen MR) is 85.3 cm³/mol. The van der Waals surface area contributed by atoms with Crippen LogP contribution in [0.25, 0.3) is 5.57 Å². The number of hydrogen-bond donors (Lipinski definition) is 0. The second kappa shape index (κ2) is 6.74. The van der Waals surface area contributed by atoms with E-state index in [1.807, 2.05) is 20.0 Å². The molecule has 114 valence electrons. The molecule has 21 heavy (non-hydrogen) atoms. The van der Waals surface area contributed by atoms with Gasteiger partial charge in [0.2, 0.25) is 0 Å². The van der Waals surface area contributed by atoms with Gasteiger partial charge in [-0.15, -0.1) is 0 Å². The molecule has 2 rings (SSSR count). The van der Waals surface area contributed by atoms with Crippen LogP contribution in [0.15, 0.2) is 18.8 Å². The number of esters is 1. The van der Waals surface area contributed by atoms with Crippen molar-refractivity contribution >= 4 is 17.4 Å². The quantitative estimate of drug-likeness (QED) is 0.798. The SMILES string of the molecule is C=C(C)c1cnc(N2CCC(C(=O)OCC)CC2)c(C)c1. The fourth-order valence-corrected chi connectivity index (χ4v) is 2.72. The van der Waals surface area contributed by atoms with E-state index in [2.05, 4.69) is 29.5 Å². The lowest BCUT2D eigenvalue weighted by atomic mass is 9.96. The molecule has 4 nitrogen and oxygen atoms in total. The molecule has 0 unspecified atom stereocenters. The average Bonchev–Trinajstić information content (AvgIpc) is 2.47. The summed E-state index contributed by atoms with van der Waals surface area (Å²) in [7, 11) is 0. The molecule has 0 aromatic carbocycles. The van der Waals surface area contributed by atoms with Gasteiger partial charge in [-0.05, 0) is 56.4 Å². The third-order valence-electron chi connectivity index (χ3n) is 3.96. The number of piperidine rings is 1. The monoisotopic (exact) mass is 288 g/mol. The van der Waals surface area contributed by atoms with Gasteiger partial charge in [-0.1, -0.05) is 6.58 Å². The number of anilines is 1. The van der Waals surface area contributed by atoms with Crippen LogP contribution in [0.4, 0.5) is 5.82 Å². The van der Waals surface area contributed by atoms with Crippen molar-refractivity contribution in [2.24, 2.45) is 5.92 Å². The highest BCUT2D eigenvalue weighted by atomic mass is 16.5. The lowest BCUT2D eigenvalue weighted by Crippen LogP contribution is -2.37. The van der Waals surface area contributed by atoms with Crippen molar-refractivity contribution in [2.45, 2.75) is 33.6 Å². The number of hydrogen-bond acceptors (Lipinski definition) is 4. The van der Waals surface area contributed by atoms with E-state index in [0.29, 0.717) is 6.61 Å². The van der Waals surface area contributed by atoms with Crippen molar-refractivity contribution in [1.82, 2.24) is 4.98 Å². The third kappa shape index (κ3) is 3.63. The third-order valence-corrected chi connectivity index (χ3v) is 3.96. The van der Waals surface area contributed by atoms with Crippen molar-refractivity contribution < 1.29 is 9.53 Å². The Hall–Kier alpha value is -1.84. The number of pyridine rings is 1. The van der Waals surface area contributed by atoms with Gasteiger partial charge in [0.1, 0.15) is 5.82 Å². The Bertz CT molecular complexity index is 532. The first-order valence-corrected chi connectivity index (χ1v) is 7.57. The maximum absolute atomic E-state index is 11.8. The van der Waals surface area contributed by atoms with Crippen molar-refractivity contribution in [3.8, 4) is 0 Å². The Morgan fingerprint density at radius 1 is 1.48 bits per heavy atom. The van der Waals surface area contributed by atoms with E-state index < -0.39 is 0 Å². The summed E-state index contributed by atoms with van der Waals surface area (Å²) in [5.74, 6) is 0.998. The fourth-order valence-electron chi connectivity index (χ4n) is 2.72. The maximum atomic E-state index is 11.8. The van der Waals surface area contributed by atoms with Crippen LogP contribution in [0, 0.1) is 12.8 Å². The Kier molecular flexibility index (Phi) is 4.99. The number of carbonyl (C=O) groups excluding carboxylic acids is 1. The summed E-state index contributed by atoms with van der Waals surface area (Å²) >= 11 is 0. The molecule has 0 radical (unpaired) electrons. The molecule has 0 amide bonds. The van der Waals surface area contributed by atoms with Gasteiger partial charge in [0, 0.05) is 19.3 Å². The van der Waals surface area contributed by atoms with Crippen LogP contribution in [-0.4, -0.2) is 30.6 Å². The minimum absolute atomic E-state index is 0.0381. The average molecular weight is 288 g/mol. The van der Waals surface area contributed by atoms with Gasteiger partial charge in [0.05, 0.1) is 12.5 Å². The molecule has 1 aromatic heterocycles. The van der Waals surface area contributed by atoms with Crippen LogP contribution >= 0.6 is 0 Å². The van der Waals surface area contributed by atoms with Crippen molar-refractivity contribution in [3.63, 3.8) is 0 Å². The molecule has 0 bridgehead atoms. The number of rotatable bonds is 4. The summed E-state index contributed by atoms with van der Waals surface area (Å²) in [6, 6.07) is 2.13. The topological polar surface area (TPSA) is 42.4 Å². The van der Waals surface area contributed by atoms with Crippen LogP contribution in [-0.2, 0) is 9.53 Å². The van der Waals surface area contributed by atoms with E-state index in [9.17, 15) is 4.79 Å². The van der Waals surface area contributed by atoms with Gasteiger partial charge in [0.15, 0.2) is 0 Å². The van der Waals surface area contributed by atoms with Crippen LogP contribution in [0.1, 0.15) is 37.8 Å². The van der Waals surface area contributed by atoms with Crippen molar-refractivity contribution in [1.29, 1.82) is 0 Å². The zero-order valence-electron chi connectivity index (χ0n) is 13.2. The molecular formula is C17H24N2O2. The van der Waals surface area contributed by atoms with Crippen LogP contribution in [0.3, 0.4) is 0 Å². The normalized spacial score (nSPS) is 15.9. The Morgan fingerprint density at radius 2 is 2.14 bits per heavy atom. The van der Waals surface area contributed by atoms with Crippen LogP contribution in [0.5, 0.6) is 0 Å². The Morgan fingerprint density at radius 3 is 2.67 bits per heavy atom. The molecule has 1 aliphatic rings. The summed E-state index contributed by atoms with van der Waals surface area (Å²) in [5.41, 5.74) is 3.26. The van der Waals surface area contributed by atoms with E-state index in [1.54, 1.807) is 0 Å². The molecule has 1 fully saturated rings. The number of aromatic nitrogens is 1. The highest BCUT2D eigenvalue weighted by Crippen LogP contribution is 2.26. The summed E-state index contributed by atoms with van der Waals surface area (Å²) < 4.78 is 5.11. The number of carbonyl (C=O) groups is 1. The number of aryl methyl sites for hydroxylation is 1. The van der Waals surface area contributed by atoms with Gasteiger partial charge >= 0.3 is 5.97 Å². The van der Waals surface area contributed by atoms with E-state index in [4.69, 9.17) is 4.74 Å². The van der Waals surface area contributed by atoms with Crippen LogP contribution < -0.4 is 4.90 Å².